The normalized spacial score (nSPS) is 12.5. The highest BCUT2D eigenvalue weighted by molar-refractivity contribution is 4.92. The van der Waals surface area contributed by atoms with Crippen molar-refractivity contribution in [3.05, 3.63) is 0 Å². The molecule has 0 saturated carbocycles. The summed E-state index contributed by atoms with van der Waals surface area (Å²) in [5, 5.41) is 17.3. The maximum absolute atomic E-state index is 8.87. The van der Waals surface area contributed by atoms with E-state index < -0.39 is 0 Å². The zero-order valence-corrected chi connectivity index (χ0v) is 8.62. The first kappa shape index (κ1) is 11.9. The van der Waals surface area contributed by atoms with E-state index in [1.54, 1.807) is 0 Å². The Bertz CT molecular complexity index is 209. The fourth-order valence-corrected chi connectivity index (χ4v) is 1.35. The Morgan fingerprint density at radius 1 is 1.31 bits per heavy atom. The smallest absolute Gasteiger partial charge is 0.0977 e. The Balaban J connectivity index is 4.25. The Morgan fingerprint density at radius 2 is 1.92 bits per heavy atom. The van der Waals surface area contributed by atoms with Crippen LogP contribution in [0.15, 0.2) is 0 Å². The summed E-state index contributed by atoms with van der Waals surface area (Å²) < 4.78 is 0. The lowest BCUT2D eigenvalue weighted by Crippen LogP contribution is -2.39. The van der Waals surface area contributed by atoms with E-state index in [9.17, 15) is 0 Å². The van der Waals surface area contributed by atoms with Crippen LogP contribution >= 0.6 is 0 Å². The maximum atomic E-state index is 8.87. The minimum Gasteiger partial charge on any atom is -0.285 e. The summed E-state index contributed by atoms with van der Waals surface area (Å²) in [5.41, 5.74) is 0. The van der Waals surface area contributed by atoms with E-state index in [0.29, 0.717) is 19.0 Å². The van der Waals surface area contributed by atoms with Crippen LogP contribution in [0.3, 0.4) is 0 Å². The van der Waals surface area contributed by atoms with Gasteiger partial charge in [0.05, 0.1) is 18.2 Å². The fourth-order valence-electron chi connectivity index (χ4n) is 1.35. The molecule has 1 atom stereocenters. The Hall–Kier alpha value is -1.06. The first-order valence-corrected chi connectivity index (χ1v) is 4.69. The molecule has 0 aromatic heterocycles. The second-order valence-electron chi connectivity index (χ2n) is 3.29. The lowest BCUT2D eigenvalue weighted by atomic mass is 10.1. The fraction of sp³-hybridized carbons (Fsp3) is 0.800. The van der Waals surface area contributed by atoms with Crippen molar-refractivity contribution >= 4 is 0 Å². The predicted molar refractivity (Wildman–Crippen MR) is 51.8 cm³/mol. The number of nitriles is 2. The van der Waals surface area contributed by atoms with Crippen molar-refractivity contribution in [2.75, 3.05) is 6.54 Å². The third-order valence-electron chi connectivity index (χ3n) is 2.08. The second-order valence-corrected chi connectivity index (χ2v) is 3.29. The summed E-state index contributed by atoms with van der Waals surface area (Å²) in [7, 11) is 0. The van der Waals surface area contributed by atoms with E-state index >= 15 is 0 Å². The molecule has 0 amide bonds. The van der Waals surface area contributed by atoms with Gasteiger partial charge in [0.25, 0.3) is 0 Å². The van der Waals surface area contributed by atoms with Crippen LogP contribution in [-0.4, -0.2) is 23.5 Å². The summed E-state index contributed by atoms with van der Waals surface area (Å²) in [5.74, 6) is 0. The molecule has 3 heteroatoms. The first-order valence-electron chi connectivity index (χ1n) is 4.69. The summed E-state index contributed by atoms with van der Waals surface area (Å²) in [4.78, 5) is 2.07. The Kier molecular flexibility index (Phi) is 5.93. The van der Waals surface area contributed by atoms with Crippen molar-refractivity contribution in [1.29, 1.82) is 10.5 Å². The highest BCUT2D eigenvalue weighted by Crippen LogP contribution is 2.08. The molecule has 13 heavy (non-hydrogen) atoms. The third kappa shape index (κ3) is 3.92. The van der Waals surface area contributed by atoms with Gasteiger partial charge in [0.2, 0.25) is 0 Å². The summed E-state index contributed by atoms with van der Waals surface area (Å²) in [6.45, 7) is 6.80. The summed E-state index contributed by atoms with van der Waals surface area (Å²) in [6.07, 6.45) is 1.32. The van der Waals surface area contributed by atoms with Crippen molar-refractivity contribution < 1.29 is 0 Å². The summed E-state index contributed by atoms with van der Waals surface area (Å²) in [6, 6.07) is 4.65. The zero-order chi connectivity index (χ0) is 10.3. The highest BCUT2D eigenvalue weighted by atomic mass is 15.2. The van der Waals surface area contributed by atoms with Crippen LogP contribution in [0.4, 0.5) is 0 Å². The molecular weight excluding hydrogens is 162 g/mol. The SMILES string of the molecule is CCC(C#N)N(CCC#N)C(C)C. The van der Waals surface area contributed by atoms with Crippen molar-refractivity contribution in [2.45, 2.75) is 45.7 Å². The van der Waals surface area contributed by atoms with Gasteiger partial charge < -0.3 is 0 Å². The van der Waals surface area contributed by atoms with Gasteiger partial charge in [-0.25, -0.2) is 0 Å². The van der Waals surface area contributed by atoms with Gasteiger partial charge in [-0.2, -0.15) is 10.5 Å². The molecule has 0 aliphatic rings. The molecule has 0 radical (unpaired) electrons. The van der Waals surface area contributed by atoms with Crippen LogP contribution < -0.4 is 0 Å². The molecule has 0 bridgehead atoms. The van der Waals surface area contributed by atoms with E-state index in [1.165, 1.54) is 0 Å². The van der Waals surface area contributed by atoms with Gasteiger partial charge in [0.1, 0.15) is 0 Å². The van der Waals surface area contributed by atoms with Gasteiger partial charge in [-0.3, -0.25) is 4.90 Å². The second kappa shape index (κ2) is 6.46. The van der Waals surface area contributed by atoms with Crippen LogP contribution in [0.1, 0.15) is 33.6 Å². The van der Waals surface area contributed by atoms with Crippen LogP contribution in [-0.2, 0) is 0 Å². The van der Waals surface area contributed by atoms with Gasteiger partial charge in [-0.05, 0) is 20.3 Å². The van der Waals surface area contributed by atoms with E-state index in [0.717, 1.165) is 6.42 Å². The van der Waals surface area contributed by atoms with Crippen molar-refractivity contribution in [3.63, 3.8) is 0 Å². The monoisotopic (exact) mass is 179 g/mol. The van der Waals surface area contributed by atoms with Crippen LogP contribution in [0.5, 0.6) is 0 Å². The lowest BCUT2D eigenvalue weighted by Gasteiger charge is -2.29. The molecule has 0 heterocycles. The van der Waals surface area contributed by atoms with Gasteiger partial charge in [-0.1, -0.05) is 6.92 Å². The minimum atomic E-state index is -0.0478. The van der Waals surface area contributed by atoms with Crippen LogP contribution in [0.25, 0.3) is 0 Å². The molecule has 0 N–H and O–H groups in total. The minimum absolute atomic E-state index is 0.0478. The van der Waals surface area contributed by atoms with Crippen molar-refractivity contribution in [2.24, 2.45) is 0 Å². The first-order chi connectivity index (χ1) is 6.17. The van der Waals surface area contributed by atoms with Gasteiger partial charge in [-0.15, -0.1) is 0 Å². The van der Waals surface area contributed by atoms with E-state index in [1.807, 2.05) is 6.92 Å². The molecule has 0 rings (SSSR count). The van der Waals surface area contributed by atoms with Gasteiger partial charge in [0, 0.05) is 19.0 Å². The molecule has 0 aromatic carbocycles. The zero-order valence-electron chi connectivity index (χ0n) is 8.62. The molecular formula is C10H17N3. The number of hydrogen-bond acceptors (Lipinski definition) is 3. The number of hydrogen-bond donors (Lipinski definition) is 0. The van der Waals surface area contributed by atoms with Crippen LogP contribution in [0, 0.1) is 22.7 Å². The van der Waals surface area contributed by atoms with Crippen molar-refractivity contribution in [3.8, 4) is 12.1 Å². The highest BCUT2D eigenvalue weighted by Gasteiger charge is 2.18. The predicted octanol–water partition coefficient (Wildman–Crippen LogP) is 1.91. The molecule has 3 nitrogen and oxygen atoms in total. The number of rotatable bonds is 5. The number of nitrogens with zero attached hydrogens (tertiary/aromatic N) is 3. The van der Waals surface area contributed by atoms with Crippen LogP contribution in [0.2, 0.25) is 0 Å². The average Bonchev–Trinajstić information content (AvgIpc) is 2.11. The standard InChI is InChI=1S/C10H17N3/c1-4-10(8-12)13(9(2)3)7-5-6-11/h9-10H,4-5,7H2,1-3H3. The van der Waals surface area contributed by atoms with E-state index in [-0.39, 0.29) is 6.04 Å². The van der Waals surface area contributed by atoms with Gasteiger partial charge in [0.15, 0.2) is 0 Å². The molecule has 1 unspecified atom stereocenters. The molecule has 0 spiro atoms. The molecule has 0 saturated heterocycles. The summed E-state index contributed by atoms with van der Waals surface area (Å²) >= 11 is 0. The quantitative estimate of drug-likeness (QED) is 0.647. The maximum Gasteiger partial charge on any atom is 0.0977 e. The Morgan fingerprint density at radius 3 is 2.23 bits per heavy atom. The van der Waals surface area contributed by atoms with Gasteiger partial charge >= 0.3 is 0 Å². The van der Waals surface area contributed by atoms with Crippen molar-refractivity contribution in [1.82, 2.24) is 4.90 Å². The third-order valence-corrected chi connectivity index (χ3v) is 2.08. The lowest BCUT2D eigenvalue weighted by molar-refractivity contribution is 0.186. The molecule has 72 valence electrons. The molecule has 0 aliphatic heterocycles. The van der Waals surface area contributed by atoms with E-state index in [2.05, 4.69) is 30.9 Å². The van der Waals surface area contributed by atoms with E-state index in [4.69, 9.17) is 10.5 Å². The molecule has 0 aromatic rings. The molecule has 0 aliphatic carbocycles. The average molecular weight is 179 g/mol. The topological polar surface area (TPSA) is 50.8 Å². The Labute approximate surface area is 80.6 Å². The largest absolute Gasteiger partial charge is 0.285 e. The molecule has 0 fully saturated rings.